The first-order valence-corrected chi connectivity index (χ1v) is 8.31. The Morgan fingerprint density at radius 1 is 1.42 bits per heavy atom. The van der Waals surface area contributed by atoms with Crippen LogP contribution in [0.1, 0.15) is 22.5 Å². The minimum absolute atomic E-state index is 0.0287. The Hall–Kier alpha value is -3.00. The van der Waals surface area contributed by atoms with Gasteiger partial charge in [0.05, 0.1) is 11.5 Å². The first-order valence-electron chi connectivity index (χ1n) is 8.31. The molecular weight excluding hydrogens is 336 g/mol. The van der Waals surface area contributed by atoms with E-state index < -0.39 is 4.92 Å². The van der Waals surface area contributed by atoms with Crippen LogP contribution in [0.4, 0.5) is 11.4 Å². The summed E-state index contributed by atoms with van der Waals surface area (Å²) in [6, 6.07) is 10.0. The third-order valence-electron chi connectivity index (χ3n) is 4.32. The largest absolute Gasteiger partial charge is 0.380 e. The van der Waals surface area contributed by atoms with E-state index in [1.165, 1.54) is 12.1 Å². The number of nitrogens with zero attached hydrogens (tertiary/aromatic N) is 3. The highest BCUT2D eigenvalue weighted by Gasteiger charge is 2.28. The molecule has 26 heavy (non-hydrogen) atoms. The summed E-state index contributed by atoms with van der Waals surface area (Å²) in [6.45, 7) is 1.46. The molecule has 136 valence electrons. The van der Waals surface area contributed by atoms with Crippen LogP contribution in [-0.2, 0) is 11.3 Å². The fourth-order valence-electron chi connectivity index (χ4n) is 3.04. The lowest BCUT2D eigenvalue weighted by Gasteiger charge is -2.19. The number of amides is 1. The second-order valence-electron chi connectivity index (χ2n) is 6.13. The van der Waals surface area contributed by atoms with Crippen molar-refractivity contribution >= 4 is 17.3 Å². The number of non-ortho nitro benzene ring substituents is 1. The molecule has 8 nitrogen and oxygen atoms in total. The van der Waals surface area contributed by atoms with Gasteiger partial charge in [0.25, 0.3) is 11.6 Å². The Balaban J connectivity index is 1.68. The number of hydrogen-bond donors (Lipinski definition) is 1. The third-order valence-corrected chi connectivity index (χ3v) is 4.32. The Bertz CT molecular complexity index is 797. The molecule has 0 saturated carbocycles. The summed E-state index contributed by atoms with van der Waals surface area (Å²) >= 11 is 0. The van der Waals surface area contributed by atoms with E-state index in [4.69, 9.17) is 4.74 Å². The number of anilines is 1. The monoisotopic (exact) mass is 356 g/mol. The highest BCUT2D eigenvalue weighted by molar-refractivity contribution is 5.92. The number of rotatable bonds is 6. The predicted octanol–water partition coefficient (Wildman–Crippen LogP) is 2.46. The minimum Gasteiger partial charge on any atom is -0.380 e. The van der Waals surface area contributed by atoms with Crippen LogP contribution in [-0.4, -0.2) is 47.0 Å². The van der Waals surface area contributed by atoms with Crippen LogP contribution in [0.25, 0.3) is 0 Å². The highest BCUT2D eigenvalue weighted by atomic mass is 16.6. The van der Waals surface area contributed by atoms with E-state index in [-0.39, 0.29) is 24.2 Å². The van der Waals surface area contributed by atoms with Crippen LogP contribution < -0.4 is 5.32 Å². The molecule has 2 heterocycles. The van der Waals surface area contributed by atoms with Crippen molar-refractivity contribution in [2.75, 3.05) is 25.5 Å². The van der Waals surface area contributed by atoms with Crippen molar-refractivity contribution in [3.8, 4) is 0 Å². The zero-order chi connectivity index (χ0) is 18.5. The average molecular weight is 356 g/mol. The van der Waals surface area contributed by atoms with Gasteiger partial charge in [-0.05, 0) is 24.6 Å². The first kappa shape index (κ1) is 17.8. The lowest BCUT2D eigenvalue weighted by molar-refractivity contribution is -0.384. The van der Waals surface area contributed by atoms with Gasteiger partial charge in [0.1, 0.15) is 5.69 Å². The van der Waals surface area contributed by atoms with Gasteiger partial charge in [0.2, 0.25) is 0 Å². The molecule has 1 saturated heterocycles. The third kappa shape index (κ3) is 3.97. The normalized spacial score (nSPS) is 16.5. The van der Waals surface area contributed by atoms with E-state index in [0.29, 0.717) is 18.8 Å². The lowest BCUT2D eigenvalue weighted by atomic mass is 10.1. The van der Waals surface area contributed by atoms with Crippen molar-refractivity contribution in [2.45, 2.75) is 19.1 Å². The van der Waals surface area contributed by atoms with Gasteiger partial charge >= 0.3 is 0 Å². The number of carbonyl (C=O) groups excluding carboxylic acids is 1. The molecule has 1 amide bonds. The topological polar surface area (TPSA) is 97.6 Å². The molecule has 0 aliphatic carbocycles. The standard InChI is InChI=1S/C18H20N4O4/c1-26-12-13-10-15(22(24)25)5-6-16(13)20-14-7-9-21(11-14)18(23)17-4-2-3-8-19-17/h2-6,8,10,14,20H,7,9,11-12H2,1H3. The van der Waals surface area contributed by atoms with Crippen molar-refractivity contribution < 1.29 is 14.5 Å². The molecule has 1 aromatic heterocycles. The van der Waals surface area contributed by atoms with E-state index in [1.807, 2.05) is 0 Å². The maximum atomic E-state index is 12.5. The number of carbonyl (C=O) groups is 1. The number of methoxy groups -OCH3 is 1. The number of nitrogens with one attached hydrogen (secondary N) is 1. The molecule has 1 unspecified atom stereocenters. The number of pyridine rings is 1. The molecule has 3 rings (SSSR count). The van der Waals surface area contributed by atoms with Gasteiger partial charge in [-0.3, -0.25) is 19.9 Å². The van der Waals surface area contributed by atoms with E-state index >= 15 is 0 Å². The molecule has 1 atom stereocenters. The van der Waals surface area contributed by atoms with Crippen molar-refractivity contribution in [3.63, 3.8) is 0 Å². The van der Waals surface area contributed by atoms with Crippen LogP contribution in [0, 0.1) is 10.1 Å². The van der Waals surface area contributed by atoms with E-state index in [2.05, 4.69) is 10.3 Å². The molecule has 1 aromatic carbocycles. The van der Waals surface area contributed by atoms with Gasteiger partial charge in [-0.2, -0.15) is 0 Å². The Kier molecular flexibility index (Phi) is 5.43. The summed E-state index contributed by atoms with van der Waals surface area (Å²) in [5, 5.41) is 14.3. The molecule has 1 aliphatic rings. The van der Waals surface area contributed by atoms with Gasteiger partial charge in [0, 0.05) is 55.8 Å². The second-order valence-corrected chi connectivity index (χ2v) is 6.13. The quantitative estimate of drug-likeness (QED) is 0.631. The minimum atomic E-state index is -0.425. The van der Waals surface area contributed by atoms with Crippen molar-refractivity contribution in [2.24, 2.45) is 0 Å². The van der Waals surface area contributed by atoms with E-state index in [9.17, 15) is 14.9 Å². The molecule has 0 spiro atoms. The molecule has 2 aromatic rings. The fourth-order valence-corrected chi connectivity index (χ4v) is 3.04. The SMILES string of the molecule is COCc1cc([N+](=O)[O-])ccc1NC1CCN(C(=O)c2ccccn2)C1. The number of nitro groups is 1. The molecule has 1 fully saturated rings. The van der Waals surface area contributed by atoms with Gasteiger partial charge < -0.3 is 15.0 Å². The number of ether oxygens (including phenoxy) is 1. The fraction of sp³-hybridized carbons (Fsp3) is 0.333. The van der Waals surface area contributed by atoms with Crippen molar-refractivity contribution in [1.82, 2.24) is 9.88 Å². The molecular formula is C18H20N4O4. The summed E-state index contributed by atoms with van der Waals surface area (Å²) in [5.74, 6) is -0.0873. The Morgan fingerprint density at radius 2 is 2.27 bits per heavy atom. The van der Waals surface area contributed by atoms with Crippen LogP contribution in [0.15, 0.2) is 42.6 Å². The molecule has 1 aliphatic heterocycles. The molecule has 8 heteroatoms. The van der Waals surface area contributed by atoms with Gasteiger partial charge in [-0.15, -0.1) is 0 Å². The van der Waals surface area contributed by atoms with Crippen molar-refractivity contribution in [1.29, 1.82) is 0 Å². The lowest BCUT2D eigenvalue weighted by Crippen LogP contribution is -2.32. The number of hydrogen-bond acceptors (Lipinski definition) is 6. The van der Waals surface area contributed by atoms with Gasteiger partial charge in [0.15, 0.2) is 0 Å². The summed E-state index contributed by atoms with van der Waals surface area (Å²) in [7, 11) is 1.55. The van der Waals surface area contributed by atoms with Gasteiger partial charge in [-0.1, -0.05) is 6.07 Å². The smallest absolute Gasteiger partial charge is 0.272 e. The van der Waals surface area contributed by atoms with Crippen LogP contribution in [0.3, 0.4) is 0 Å². The van der Waals surface area contributed by atoms with Gasteiger partial charge in [-0.25, -0.2) is 0 Å². The predicted molar refractivity (Wildman–Crippen MR) is 96.0 cm³/mol. The first-order chi connectivity index (χ1) is 12.6. The van der Waals surface area contributed by atoms with E-state index in [0.717, 1.165) is 17.7 Å². The zero-order valence-electron chi connectivity index (χ0n) is 14.4. The van der Waals surface area contributed by atoms with Crippen molar-refractivity contribution in [3.05, 3.63) is 64.0 Å². The summed E-state index contributed by atoms with van der Waals surface area (Å²) in [5.41, 5.74) is 1.97. The summed E-state index contributed by atoms with van der Waals surface area (Å²) in [6.07, 6.45) is 2.40. The number of nitro benzene ring substituents is 1. The summed E-state index contributed by atoms with van der Waals surface area (Å²) in [4.78, 5) is 28.9. The molecule has 1 N–H and O–H groups in total. The Labute approximate surface area is 150 Å². The Morgan fingerprint density at radius 3 is 2.96 bits per heavy atom. The second kappa shape index (κ2) is 7.92. The maximum Gasteiger partial charge on any atom is 0.272 e. The maximum absolute atomic E-state index is 12.5. The van der Waals surface area contributed by atoms with Crippen LogP contribution >= 0.6 is 0 Å². The molecule has 0 radical (unpaired) electrons. The average Bonchev–Trinajstić information content (AvgIpc) is 3.12. The van der Waals surface area contributed by atoms with Crippen LogP contribution in [0.5, 0.6) is 0 Å². The zero-order valence-corrected chi connectivity index (χ0v) is 14.4. The number of aromatic nitrogens is 1. The summed E-state index contributed by atoms with van der Waals surface area (Å²) < 4.78 is 5.15. The molecule has 0 bridgehead atoms. The highest BCUT2D eigenvalue weighted by Crippen LogP contribution is 2.25. The number of benzene rings is 1. The number of likely N-dealkylation sites (tertiary alicyclic amines) is 1. The van der Waals surface area contributed by atoms with E-state index in [1.54, 1.807) is 42.5 Å². The van der Waals surface area contributed by atoms with Crippen LogP contribution in [0.2, 0.25) is 0 Å².